The van der Waals surface area contributed by atoms with Gasteiger partial charge in [0.1, 0.15) is 5.82 Å². The summed E-state index contributed by atoms with van der Waals surface area (Å²) in [6.45, 7) is 2.21. The maximum absolute atomic E-state index is 14.6. The second-order valence-corrected chi connectivity index (χ2v) is 7.10. The lowest BCUT2D eigenvalue weighted by Crippen LogP contribution is -2.55. The lowest BCUT2D eigenvalue weighted by Gasteiger charge is -2.45. The van der Waals surface area contributed by atoms with Gasteiger partial charge in [-0.15, -0.1) is 0 Å². The van der Waals surface area contributed by atoms with Crippen LogP contribution >= 0.6 is 15.9 Å². The van der Waals surface area contributed by atoms with E-state index in [1.54, 1.807) is 6.07 Å². The van der Waals surface area contributed by atoms with Gasteiger partial charge in [0, 0.05) is 11.1 Å². The normalized spacial score (nSPS) is 23.6. The molecule has 21 heavy (non-hydrogen) atoms. The lowest BCUT2D eigenvalue weighted by molar-refractivity contribution is 0.0749. The first-order valence-corrected chi connectivity index (χ1v) is 8.63. The summed E-state index contributed by atoms with van der Waals surface area (Å²) in [5.74, 6) is 5.71. The molecule has 3 rings (SSSR count). The van der Waals surface area contributed by atoms with Crippen molar-refractivity contribution >= 4 is 15.9 Å². The molecule has 0 amide bonds. The molecule has 1 aliphatic carbocycles. The number of hydrogen-bond acceptors (Lipinski definition) is 3. The molecule has 0 aromatic heterocycles. The molecular formula is C16H23BrFN3. The summed E-state index contributed by atoms with van der Waals surface area (Å²) < 4.78 is 15.1. The number of benzene rings is 1. The number of halogens is 2. The second-order valence-electron chi connectivity index (χ2n) is 6.25. The molecule has 5 heteroatoms. The molecule has 2 aliphatic rings. The first-order valence-electron chi connectivity index (χ1n) is 7.84. The third-order valence-corrected chi connectivity index (χ3v) is 5.81. The number of rotatable bonds is 4. The van der Waals surface area contributed by atoms with E-state index in [9.17, 15) is 4.39 Å². The zero-order valence-electron chi connectivity index (χ0n) is 12.2. The molecule has 2 fully saturated rings. The number of nitrogens with one attached hydrogen (secondary N) is 1. The molecule has 3 N–H and O–H groups in total. The van der Waals surface area contributed by atoms with E-state index in [2.05, 4.69) is 26.3 Å². The van der Waals surface area contributed by atoms with Crippen LogP contribution in [-0.4, -0.2) is 23.5 Å². The molecule has 1 atom stereocenters. The van der Waals surface area contributed by atoms with Crippen LogP contribution in [0.5, 0.6) is 0 Å². The molecule has 0 spiro atoms. The Labute approximate surface area is 134 Å². The Morgan fingerprint density at radius 1 is 1.19 bits per heavy atom. The van der Waals surface area contributed by atoms with E-state index in [4.69, 9.17) is 5.84 Å². The van der Waals surface area contributed by atoms with Gasteiger partial charge >= 0.3 is 0 Å². The highest BCUT2D eigenvalue weighted by molar-refractivity contribution is 9.10. The van der Waals surface area contributed by atoms with Crippen molar-refractivity contribution in [1.82, 2.24) is 10.3 Å². The van der Waals surface area contributed by atoms with E-state index in [0.29, 0.717) is 10.0 Å². The monoisotopic (exact) mass is 355 g/mol. The van der Waals surface area contributed by atoms with E-state index >= 15 is 0 Å². The molecule has 1 aromatic carbocycles. The van der Waals surface area contributed by atoms with Gasteiger partial charge in [0.05, 0.1) is 10.5 Å². The molecule has 1 saturated carbocycles. The minimum absolute atomic E-state index is 0.0348. The average Bonchev–Trinajstić information content (AvgIpc) is 3.15. The van der Waals surface area contributed by atoms with E-state index < -0.39 is 0 Å². The lowest BCUT2D eigenvalue weighted by atomic mass is 9.82. The van der Waals surface area contributed by atoms with Crippen LogP contribution in [0.1, 0.15) is 50.1 Å². The van der Waals surface area contributed by atoms with E-state index in [-0.39, 0.29) is 17.4 Å². The maximum atomic E-state index is 14.6. The van der Waals surface area contributed by atoms with Gasteiger partial charge in [0.25, 0.3) is 0 Å². The van der Waals surface area contributed by atoms with Gasteiger partial charge in [-0.25, -0.2) is 4.39 Å². The molecular weight excluding hydrogens is 333 g/mol. The Morgan fingerprint density at radius 2 is 1.86 bits per heavy atom. The number of nitrogens with zero attached hydrogens (tertiary/aromatic N) is 1. The standard InChI is InChI=1S/C16H23BrFN3/c17-13-7-5-6-12(14(13)18)15(20-19)16(8-1-2-9-16)21-10-3-4-11-21/h5-7,15,20H,1-4,8-11,19H2. The van der Waals surface area contributed by atoms with Crippen molar-refractivity contribution in [2.45, 2.75) is 50.1 Å². The van der Waals surface area contributed by atoms with Crippen LogP contribution in [0, 0.1) is 5.82 Å². The Balaban J connectivity index is 2.01. The van der Waals surface area contributed by atoms with Crippen LogP contribution in [-0.2, 0) is 0 Å². The summed E-state index contributed by atoms with van der Waals surface area (Å²) >= 11 is 3.30. The average molecular weight is 356 g/mol. The first-order chi connectivity index (χ1) is 10.2. The van der Waals surface area contributed by atoms with Crippen LogP contribution in [0.15, 0.2) is 22.7 Å². The smallest absolute Gasteiger partial charge is 0.142 e. The van der Waals surface area contributed by atoms with Crippen molar-refractivity contribution in [3.63, 3.8) is 0 Å². The van der Waals surface area contributed by atoms with Gasteiger partial charge in [-0.2, -0.15) is 0 Å². The molecule has 1 aliphatic heterocycles. The fourth-order valence-electron chi connectivity index (χ4n) is 4.21. The predicted octanol–water partition coefficient (Wildman–Crippen LogP) is 3.50. The van der Waals surface area contributed by atoms with Crippen molar-refractivity contribution in [2.75, 3.05) is 13.1 Å². The summed E-state index contributed by atoms with van der Waals surface area (Å²) in [4.78, 5) is 2.55. The van der Waals surface area contributed by atoms with Gasteiger partial charge in [-0.05, 0) is 60.8 Å². The van der Waals surface area contributed by atoms with Crippen molar-refractivity contribution < 1.29 is 4.39 Å². The van der Waals surface area contributed by atoms with Gasteiger partial charge in [-0.1, -0.05) is 25.0 Å². The van der Waals surface area contributed by atoms with Gasteiger partial charge in [0.15, 0.2) is 0 Å². The third kappa shape index (κ3) is 2.65. The Bertz CT molecular complexity index is 496. The highest BCUT2D eigenvalue weighted by Gasteiger charge is 2.47. The van der Waals surface area contributed by atoms with Crippen LogP contribution in [0.25, 0.3) is 0 Å². The molecule has 3 nitrogen and oxygen atoms in total. The Hall–Kier alpha value is -0.490. The molecule has 0 bridgehead atoms. The van der Waals surface area contributed by atoms with Gasteiger partial charge in [-0.3, -0.25) is 16.2 Å². The molecule has 1 aromatic rings. The van der Waals surface area contributed by atoms with Crippen LogP contribution in [0.3, 0.4) is 0 Å². The Morgan fingerprint density at radius 3 is 2.48 bits per heavy atom. The van der Waals surface area contributed by atoms with E-state index in [1.807, 2.05) is 12.1 Å². The summed E-state index contributed by atoms with van der Waals surface area (Å²) in [5, 5.41) is 0. The van der Waals surface area contributed by atoms with E-state index in [1.165, 1.54) is 25.7 Å². The van der Waals surface area contributed by atoms with Gasteiger partial charge < -0.3 is 0 Å². The predicted molar refractivity (Wildman–Crippen MR) is 86.2 cm³/mol. The molecule has 116 valence electrons. The fourth-order valence-corrected chi connectivity index (χ4v) is 4.60. The number of nitrogens with two attached hydrogens (primary N) is 1. The molecule has 1 unspecified atom stereocenters. The number of hydrogen-bond donors (Lipinski definition) is 2. The summed E-state index contributed by atoms with van der Waals surface area (Å²) in [7, 11) is 0. The van der Waals surface area contributed by atoms with Gasteiger partial charge in [0.2, 0.25) is 0 Å². The molecule has 1 heterocycles. The molecule has 0 radical (unpaired) electrons. The number of likely N-dealkylation sites (tertiary alicyclic amines) is 1. The SMILES string of the molecule is NNC(c1cccc(Br)c1F)C1(N2CCCC2)CCCC1. The minimum Gasteiger partial charge on any atom is -0.296 e. The largest absolute Gasteiger partial charge is 0.296 e. The summed E-state index contributed by atoms with van der Waals surface area (Å²) in [5.41, 5.74) is 3.59. The zero-order chi connectivity index (χ0) is 14.9. The van der Waals surface area contributed by atoms with Crippen molar-refractivity contribution in [2.24, 2.45) is 5.84 Å². The quantitative estimate of drug-likeness (QED) is 0.641. The van der Waals surface area contributed by atoms with Crippen molar-refractivity contribution in [3.8, 4) is 0 Å². The highest BCUT2D eigenvalue weighted by atomic mass is 79.9. The maximum Gasteiger partial charge on any atom is 0.142 e. The minimum atomic E-state index is -0.189. The second kappa shape index (κ2) is 6.32. The topological polar surface area (TPSA) is 41.3 Å². The van der Waals surface area contributed by atoms with E-state index in [0.717, 1.165) is 25.9 Å². The van der Waals surface area contributed by atoms with Crippen molar-refractivity contribution in [3.05, 3.63) is 34.1 Å². The first kappa shape index (κ1) is 15.4. The fraction of sp³-hybridized carbons (Fsp3) is 0.625. The Kier molecular flexibility index (Phi) is 4.64. The number of hydrazine groups is 1. The van der Waals surface area contributed by atoms with Crippen molar-refractivity contribution in [1.29, 1.82) is 0 Å². The van der Waals surface area contributed by atoms with Crippen LogP contribution in [0.4, 0.5) is 4.39 Å². The summed E-state index contributed by atoms with van der Waals surface area (Å²) in [6, 6.07) is 5.33. The third-order valence-electron chi connectivity index (χ3n) is 5.20. The zero-order valence-corrected chi connectivity index (χ0v) is 13.8. The van der Waals surface area contributed by atoms with Crippen LogP contribution < -0.4 is 11.3 Å². The summed E-state index contributed by atoms with van der Waals surface area (Å²) in [6.07, 6.45) is 7.05. The molecule has 1 saturated heterocycles. The highest BCUT2D eigenvalue weighted by Crippen LogP contribution is 2.46. The van der Waals surface area contributed by atoms with Crippen LogP contribution in [0.2, 0.25) is 0 Å².